The largest absolute Gasteiger partial charge is 0.497 e. The number of aliphatic hydroxyl groups is 1. The number of hydrogen-bond donors (Lipinski definition) is 2. The van der Waals surface area contributed by atoms with Crippen LogP contribution in [-0.4, -0.2) is 35.0 Å². The zero-order valence-electron chi connectivity index (χ0n) is 10.5. The van der Waals surface area contributed by atoms with Crippen LogP contribution in [-0.2, 0) is 0 Å². The van der Waals surface area contributed by atoms with E-state index in [0.29, 0.717) is 24.7 Å². The lowest BCUT2D eigenvalue weighted by Gasteiger charge is -2.02. The molecule has 1 aromatic carbocycles. The van der Waals surface area contributed by atoms with Crippen LogP contribution >= 0.6 is 0 Å². The molecular weight excluding hydrogens is 246 g/mol. The predicted molar refractivity (Wildman–Crippen MR) is 67.7 cm³/mol. The molecule has 2 aromatic rings. The van der Waals surface area contributed by atoms with Gasteiger partial charge in [0.25, 0.3) is 0 Å². The van der Waals surface area contributed by atoms with Gasteiger partial charge in [-0.05, 0) is 18.6 Å². The highest BCUT2D eigenvalue weighted by atomic mass is 16.5. The highest BCUT2D eigenvalue weighted by molar-refractivity contribution is 5.56. The van der Waals surface area contributed by atoms with Gasteiger partial charge in [0, 0.05) is 12.1 Å². The monoisotopic (exact) mass is 261 g/mol. The fourth-order valence-electron chi connectivity index (χ4n) is 2.16. The molecule has 0 saturated carbocycles. The second-order valence-corrected chi connectivity index (χ2v) is 4.54. The first kappa shape index (κ1) is 12.1. The summed E-state index contributed by atoms with van der Waals surface area (Å²) in [5, 5.41) is 16.6. The maximum Gasteiger partial charge on any atom is 0.244 e. The summed E-state index contributed by atoms with van der Waals surface area (Å²) >= 11 is 0. The minimum Gasteiger partial charge on any atom is -0.497 e. The molecule has 6 nitrogen and oxygen atoms in total. The SMILES string of the molecule is COc1cccc(-c2noc([C@@H]3CC(O)CN3)n2)c1. The van der Waals surface area contributed by atoms with Crippen LogP contribution in [0.2, 0.25) is 0 Å². The first-order valence-electron chi connectivity index (χ1n) is 6.16. The van der Waals surface area contributed by atoms with Crippen LogP contribution in [0, 0.1) is 0 Å². The van der Waals surface area contributed by atoms with E-state index in [4.69, 9.17) is 9.26 Å². The van der Waals surface area contributed by atoms with Gasteiger partial charge in [-0.15, -0.1) is 0 Å². The van der Waals surface area contributed by atoms with Crippen molar-refractivity contribution in [1.82, 2.24) is 15.5 Å². The van der Waals surface area contributed by atoms with E-state index in [2.05, 4.69) is 15.5 Å². The molecule has 2 N–H and O–H groups in total. The molecule has 19 heavy (non-hydrogen) atoms. The summed E-state index contributed by atoms with van der Waals surface area (Å²) in [6, 6.07) is 7.42. The number of aliphatic hydroxyl groups excluding tert-OH is 1. The Morgan fingerprint density at radius 2 is 2.37 bits per heavy atom. The Bertz CT molecular complexity index is 570. The van der Waals surface area contributed by atoms with Crippen molar-refractivity contribution in [2.45, 2.75) is 18.6 Å². The lowest BCUT2D eigenvalue weighted by molar-refractivity contribution is 0.191. The standard InChI is InChI=1S/C13H15N3O3/c1-18-10-4-2-3-8(5-10)12-15-13(19-16-12)11-6-9(17)7-14-11/h2-5,9,11,14,17H,6-7H2,1H3/t9?,11-/m0/s1. The summed E-state index contributed by atoms with van der Waals surface area (Å²) in [4.78, 5) is 4.37. The molecule has 0 spiro atoms. The van der Waals surface area contributed by atoms with Gasteiger partial charge >= 0.3 is 0 Å². The highest BCUT2D eigenvalue weighted by Gasteiger charge is 2.28. The van der Waals surface area contributed by atoms with E-state index in [0.717, 1.165) is 11.3 Å². The number of benzene rings is 1. The van der Waals surface area contributed by atoms with Gasteiger partial charge in [-0.1, -0.05) is 17.3 Å². The molecule has 1 aromatic heterocycles. The number of methoxy groups -OCH3 is 1. The van der Waals surface area contributed by atoms with Crippen molar-refractivity contribution in [3.63, 3.8) is 0 Å². The minimum absolute atomic E-state index is 0.0677. The number of nitrogens with zero attached hydrogens (tertiary/aromatic N) is 2. The Morgan fingerprint density at radius 3 is 3.11 bits per heavy atom. The zero-order valence-corrected chi connectivity index (χ0v) is 10.5. The molecule has 1 saturated heterocycles. The first-order chi connectivity index (χ1) is 9.26. The van der Waals surface area contributed by atoms with Crippen LogP contribution in [0.1, 0.15) is 18.4 Å². The van der Waals surface area contributed by atoms with Crippen molar-refractivity contribution in [3.05, 3.63) is 30.2 Å². The number of hydrogen-bond acceptors (Lipinski definition) is 6. The molecule has 3 rings (SSSR count). The first-order valence-corrected chi connectivity index (χ1v) is 6.16. The Kier molecular flexibility index (Phi) is 3.18. The smallest absolute Gasteiger partial charge is 0.244 e. The molecule has 0 aliphatic carbocycles. The van der Waals surface area contributed by atoms with Crippen LogP contribution in [0.3, 0.4) is 0 Å². The number of nitrogens with one attached hydrogen (secondary N) is 1. The number of aromatic nitrogens is 2. The third kappa shape index (κ3) is 2.45. The van der Waals surface area contributed by atoms with E-state index in [1.807, 2.05) is 24.3 Å². The molecule has 1 aliphatic rings. The van der Waals surface area contributed by atoms with Crippen LogP contribution in [0.25, 0.3) is 11.4 Å². The summed E-state index contributed by atoms with van der Waals surface area (Å²) in [7, 11) is 1.62. The van der Waals surface area contributed by atoms with E-state index in [-0.39, 0.29) is 12.1 Å². The summed E-state index contributed by atoms with van der Waals surface area (Å²) < 4.78 is 10.4. The van der Waals surface area contributed by atoms with Crippen molar-refractivity contribution in [1.29, 1.82) is 0 Å². The Labute approximate surface area is 110 Å². The van der Waals surface area contributed by atoms with Crippen LogP contribution in [0.4, 0.5) is 0 Å². The second-order valence-electron chi connectivity index (χ2n) is 4.54. The normalized spacial score (nSPS) is 22.6. The Balaban J connectivity index is 1.84. The van der Waals surface area contributed by atoms with Crippen LogP contribution in [0.15, 0.2) is 28.8 Å². The molecule has 2 heterocycles. The molecule has 2 atom stereocenters. The Morgan fingerprint density at radius 1 is 1.47 bits per heavy atom. The van der Waals surface area contributed by atoms with Crippen molar-refractivity contribution < 1.29 is 14.4 Å². The minimum atomic E-state index is -0.350. The third-order valence-corrected chi connectivity index (χ3v) is 3.18. The molecule has 100 valence electrons. The van der Waals surface area contributed by atoms with Gasteiger partial charge in [0.05, 0.1) is 19.3 Å². The van der Waals surface area contributed by atoms with Gasteiger partial charge in [-0.2, -0.15) is 4.98 Å². The van der Waals surface area contributed by atoms with E-state index in [1.54, 1.807) is 7.11 Å². The second kappa shape index (κ2) is 4.99. The number of rotatable bonds is 3. The molecule has 1 unspecified atom stereocenters. The van der Waals surface area contributed by atoms with Crippen molar-refractivity contribution in [3.8, 4) is 17.1 Å². The lowest BCUT2D eigenvalue weighted by Crippen LogP contribution is -2.15. The third-order valence-electron chi connectivity index (χ3n) is 3.18. The number of ether oxygens (including phenoxy) is 1. The maximum atomic E-state index is 9.48. The molecule has 0 amide bonds. The van der Waals surface area contributed by atoms with Crippen LogP contribution < -0.4 is 10.1 Å². The highest BCUT2D eigenvalue weighted by Crippen LogP contribution is 2.26. The summed E-state index contributed by atoms with van der Waals surface area (Å²) in [6.45, 7) is 0.557. The summed E-state index contributed by atoms with van der Waals surface area (Å²) in [5.41, 5.74) is 0.841. The quantitative estimate of drug-likeness (QED) is 0.862. The topological polar surface area (TPSA) is 80.4 Å². The van der Waals surface area contributed by atoms with Gasteiger partial charge in [-0.3, -0.25) is 0 Å². The average molecular weight is 261 g/mol. The van der Waals surface area contributed by atoms with Gasteiger partial charge in [0.2, 0.25) is 11.7 Å². The van der Waals surface area contributed by atoms with Gasteiger partial charge in [0.1, 0.15) is 5.75 Å². The molecular formula is C13H15N3O3. The lowest BCUT2D eigenvalue weighted by atomic mass is 10.2. The predicted octanol–water partition coefficient (Wildman–Crippen LogP) is 1.14. The molecule has 0 bridgehead atoms. The fraction of sp³-hybridized carbons (Fsp3) is 0.385. The summed E-state index contributed by atoms with van der Waals surface area (Å²) in [5.74, 6) is 1.78. The summed E-state index contributed by atoms with van der Waals surface area (Å²) in [6.07, 6.45) is 0.247. The zero-order chi connectivity index (χ0) is 13.2. The fourth-order valence-corrected chi connectivity index (χ4v) is 2.16. The molecule has 0 radical (unpaired) electrons. The van der Waals surface area contributed by atoms with Crippen LogP contribution in [0.5, 0.6) is 5.75 Å². The van der Waals surface area contributed by atoms with E-state index in [9.17, 15) is 5.11 Å². The molecule has 1 fully saturated rings. The van der Waals surface area contributed by atoms with Crippen molar-refractivity contribution in [2.75, 3.05) is 13.7 Å². The van der Waals surface area contributed by atoms with E-state index in [1.165, 1.54) is 0 Å². The maximum absolute atomic E-state index is 9.48. The number of β-amino-alcohol motifs (C(OH)–C–C–N with tert-alkyl or cyclic N) is 1. The van der Waals surface area contributed by atoms with Crippen molar-refractivity contribution in [2.24, 2.45) is 0 Å². The van der Waals surface area contributed by atoms with Crippen molar-refractivity contribution >= 4 is 0 Å². The Hall–Kier alpha value is -1.92. The average Bonchev–Trinajstić information content (AvgIpc) is 3.07. The van der Waals surface area contributed by atoms with Gasteiger partial charge in [0.15, 0.2) is 0 Å². The van der Waals surface area contributed by atoms with E-state index >= 15 is 0 Å². The molecule has 1 aliphatic heterocycles. The van der Waals surface area contributed by atoms with E-state index < -0.39 is 0 Å². The van der Waals surface area contributed by atoms with Gasteiger partial charge < -0.3 is 19.7 Å². The molecule has 6 heteroatoms. The van der Waals surface area contributed by atoms with Gasteiger partial charge in [-0.25, -0.2) is 0 Å².